The van der Waals surface area contributed by atoms with Gasteiger partial charge in [0.2, 0.25) is 0 Å². The van der Waals surface area contributed by atoms with E-state index in [4.69, 9.17) is 11.6 Å². The van der Waals surface area contributed by atoms with Crippen molar-refractivity contribution in [3.05, 3.63) is 27.8 Å². The molecule has 0 aromatic carbocycles. The molecular weight excluding hydrogens is 202 g/mol. The lowest BCUT2D eigenvalue weighted by atomic mass is 10.4. The normalized spacial score (nSPS) is 16.4. The topological polar surface area (TPSA) is 50.7 Å². The van der Waals surface area contributed by atoms with Gasteiger partial charge < -0.3 is 4.98 Å². The highest BCUT2D eigenvalue weighted by Gasteiger charge is 2.27. The van der Waals surface area contributed by atoms with Gasteiger partial charge >= 0.3 is 5.69 Å². The van der Waals surface area contributed by atoms with Gasteiger partial charge in [0.25, 0.3) is 0 Å². The van der Waals surface area contributed by atoms with Crippen molar-refractivity contribution in [2.45, 2.75) is 18.9 Å². The molecule has 0 amide bonds. The minimum absolute atomic E-state index is 0.0859. The molecule has 2 aromatic rings. The summed E-state index contributed by atoms with van der Waals surface area (Å²) < 4.78 is 1.71. The zero-order valence-electron chi connectivity index (χ0n) is 7.33. The van der Waals surface area contributed by atoms with Gasteiger partial charge in [-0.2, -0.15) is 0 Å². The summed E-state index contributed by atoms with van der Waals surface area (Å²) in [5, 5.41) is 0.543. The second-order valence-corrected chi connectivity index (χ2v) is 3.99. The molecule has 0 unspecified atom stereocenters. The number of H-pyrrole nitrogens is 1. The summed E-state index contributed by atoms with van der Waals surface area (Å²) in [7, 11) is 0. The smallest absolute Gasteiger partial charge is 0.304 e. The number of aromatic amines is 1. The second-order valence-electron chi connectivity index (χ2n) is 3.56. The molecule has 14 heavy (non-hydrogen) atoms. The van der Waals surface area contributed by atoms with E-state index in [0.717, 1.165) is 18.4 Å². The van der Waals surface area contributed by atoms with Crippen LogP contribution in [0.4, 0.5) is 0 Å². The fraction of sp³-hybridized carbons (Fsp3) is 0.333. The first kappa shape index (κ1) is 8.05. The molecule has 3 rings (SSSR count). The Morgan fingerprint density at radius 1 is 1.57 bits per heavy atom. The van der Waals surface area contributed by atoms with Crippen molar-refractivity contribution in [3.8, 4) is 0 Å². The lowest BCUT2D eigenvalue weighted by molar-refractivity contribution is 0.726. The standard InChI is InChI=1S/C9H8ClN3O/c10-5-3-7-8(11-4-5)13(6-1-2-6)9(14)12-7/h3-4,6H,1-2H2,(H,12,14). The lowest BCUT2D eigenvalue weighted by Gasteiger charge is -1.97. The van der Waals surface area contributed by atoms with Crippen LogP contribution in [0, 0.1) is 0 Å². The van der Waals surface area contributed by atoms with E-state index in [-0.39, 0.29) is 5.69 Å². The van der Waals surface area contributed by atoms with Crippen LogP contribution in [-0.4, -0.2) is 14.5 Å². The van der Waals surface area contributed by atoms with E-state index in [1.54, 1.807) is 16.8 Å². The zero-order chi connectivity index (χ0) is 9.71. The average Bonchev–Trinajstić information content (AvgIpc) is 2.89. The first-order chi connectivity index (χ1) is 6.75. The van der Waals surface area contributed by atoms with Crippen molar-refractivity contribution < 1.29 is 0 Å². The van der Waals surface area contributed by atoms with Crippen molar-refractivity contribution in [1.82, 2.24) is 14.5 Å². The Morgan fingerprint density at radius 3 is 3.07 bits per heavy atom. The molecule has 0 saturated heterocycles. The van der Waals surface area contributed by atoms with E-state index in [9.17, 15) is 4.79 Å². The fourth-order valence-corrected chi connectivity index (χ4v) is 1.82. The largest absolute Gasteiger partial charge is 0.327 e. The van der Waals surface area contributed by atoms with Crippen molar-refractivity contribution in [2.24, 2.45) is 0 Å². The minimum atomic E-state index is -0.0859. The molecule has 0 spiro atoms. The molecule has 1 aliphatic rings. The number of nitrogens with one attached hydrogen (secondary N) is 1. The predicted octanol–water partition coefficient (Wildman–Crippen LogP) is 1.71. The van der Waals surface area contributed by atoms with E-state index in [2.05, 4.69) is 9.97 Å². The molecule has 1 fully saturated rings. The summed E-state index contributed by atoms with van der Waals surface area (Å²) in [4.78, 5) is 18.5. The second kappa shape index (κ2) is 2.60. The molecule has 1 N–H and O–H groups in total. The summed E-state index contributed by atoms with van der Waals surface area (Å²) in [6.45, 7) is 0. The van der Waals surface area contributed by atoms with Crippen molar-refractivity contribution >= 4 is 22.8 Å². The van der Waals surface area contributed by atoms with Crippen LogP contribution in [0.1, 0.15) is 18.9 Å². The van der Waals surface area contributed by atoms with Crippen LogP contribution in [0.25, 0.3) is 11.2 Å². The molecule has 2 heterocycles. The monoisotopic (exact) mass is 209 g/mol. The Balaban J connectivity index is 2.37. The molecule has 0 bridgehead atoms. The lowest BCUT2D eigenvalue weighted by Crippen LogP contribution is -2.15. The van der Waals surface area contributed by atoms with Gasteiger partial charge in [0.15, 0.2) is 5.65 Å². The van der Waals surface area contributed by atoms with Crippen LogP contribution in [0.15, 0.2) is 17.1 Å². The van der Waals surface area contributed by atoms with Crippen LogP contribution in [0.3, 0.4) is 0 Å². The SMILES string of the molecule is O=c1[nH]c2cc(Cl)cnc2n1C1CC1. The third-order valence-electron chi connectivity index (χ3n) is 2.43. The highest BCUT2D eigenvalue weighted by atomic mass is 35.5. The quantitative estimate of drug-likeness (QED) is 0.778. The summed E-state index contributed by atoms with van der Waals surface area (Å²) in [5.41, 5.74) is 1.34. The molecule has 4 nitrogen and oxygen atoms in total. The van der Waals surface area contributed by atoms with Crippen molar-refractivity contribution in [2.75, 3.05) is 0 Å². The summed E-state index contributed by atoms with van der Waals surface area (Å²) >= 11 is 5.78. The number of nitrogens with zero attached hydrogens (tertiary/aromatic N) is 2. The molecule has 0 aliphatic heterocycles. The molecule has 0 radical (unpaired) electrons. The molecule has 1 aliphatic carbocycles. The maximum Gasteiger partial charge on any atom is 0.327 e. The fourth-order valence-electron chi connectivity index (χ4n) is 1.66. The molecule has 1 saturated carbocycles. The van der Waals surface area contributed by atoms with Crippen molar-refractivity contribution in [3.63, 3.8) is 0 Å². The summed E-state index contributed by atoms with van der Waals surface area (Å²) in [6.07, 6.45) is 3.70. The van der Waals surface area contributed by atoms with E-state index in [1.165, 1.54) is 0 Å². The van der Waals surface area contributed by atoms with Crippen LogP contribution in [-0.2, 0) is 0 Å². The maximum atomic E-state index is 11.6. The predicted molar refractivity (Wildman–Crippen MR) is 53.6 cm³/mol. The summed E-state index contributed by atoms with van der Waals surface area (Å²) in [6, 6.07) is 2.06. The first-order valence-corrected chi connectivity index (χ1v) is 4.89. The zero-order valence-corrected chi connectivity index (χ0v) is 8.08. The number of hydrogen-bond acceptors (Lipinski definition) is 2. The number of imidazole rings is 1. The van der Waals surface area contributed by atoms with Crippen LogP contribution < -0.4 is 5.69 Å². The van der Waals surface area contributed by atoms with Gasteiger partial charge in [-0.25, -0.2) is 9.78 Å². The van der Waals surface area contributed by atoms with Crippen LogP contribution in [0.2, 0.25) is 5.02 Å². The van der Waals surface area contributed by atoms with Crippen molar-refractivity contribution in [1.29, 1.82) is 0 Å². The number of pyridine rings is 1. The van der Waals surface area contributed by atoms with Gasteiger partial charge in [-0.15, -0.1) is 0 Å². The van der Waals surface area contributed by atoms with E-state index in [1.807, 2.05) is 0 Å². The number of rotatable bonds is 1. The van der Waals surface area contributed by atoms with Crippen LogP contribution >= 0.6 is 11.6 Å². The first-order valence-electron chi connectivity index (χ1n) is 4.51. The summed E-state index contributed by atoms with van der Waals surface area (Å²) in [5.74, 6) is 0. The highest BCUT2D eigenvalue weighted by Crippen LogP contribution is 2.35. The van der Waals surface area contributed by atoms with E-state index >= 15 is 0 Å². The Hall–Kier alpha value is -1.29. The minimum Gasteiger partial charge on any atom is -0.304 e. The maximum absolute atomic E-state index is 11.6. The van der Waals surface area contributed by atoms with Gasteiger partial charge in [-0.3, -0.25) is 4.57 Å². The van der Waals surface area contributed by atoms with Gasteiger partial charge in [-0.05, 0) is 18.9 Å². The number of aromatic nitrogens is 3. The highest BCUT2D eigenvalue weighted by molar-refractivity contribution is 6.31. The average molecular weight is 210 g/mol. The number of hydrogen-bond donors (Lipinski definition) is 1. The number of fused-ring (bicyclic) bond motifs is 1. The van der Waals surface area contributed by atoms with E-state index < -0.39 is 0 Å². The Morgan fingerprint density at radius 2 is 2.36 bits per heavy atom. The van der Waals surface area contributed by atoms with Crippen LogP contribution in [0.5, 0.6) is 0 Å². The molecule has 5 heteroatoms. The van der Waals surface area contributed by atoms with Gasteiger partial charge in [0.1, 0.15) is 0 Å². The molecule has 0 atom stereocenters. The molecule has 2 aromatic heterocycles. The van der Waals surface area contributed by atoms with Gasteiger partial charge in [-0.1, -0.05) is 11.6 Å². The number of halogens is 1. The van der Waals surface area contributed by atoms with Gasteiger partial charge in [0, 0.05) is 12.2 Å². The molecular formula is C9H8ClN3O. The Kier molecular flexibility index (Phi) is 1.50. The third kappa shape index (κ3) is 1.07. The Labute approximate surface area is 84.5 Å². The van der Waals surface area contributed by atoms with E-state index in [0.29, 0.717) is 16.7 Å². The third-order valence-corrected chi connectivity index (χ3v) is 2.64. The Bertz CT molecular complexity index is 553. The van der Waals surface area contributed by atoms with Gasteiger partial charge in [0.05, 0.1) is 10.5 Å². The molecule has 72 valence electrons.